The zero-order valence-electron chi connectivity index (χ0n) is 9.24. The fourth-order valence-electron chi connectivity index (χ4n) is 1.64. The topological polar surface area (TPSA) is 38.7 Å². The highest BCUT2D eigenvalue weighted by molar-refractivity contribution is 4.66. The maximum Gasteiger partial charge on any atom is 0.0808 e. The molecule has 1 aliphatic rings. The standard InChI is InChI=1S/C11H22O3/c1-3-11(12)9(2)14-8-10-6-4-5-7-13-10/h9-12H,3-8H2,1-2H3. The summed E-state index contributed by atoms with van der Waals surface area (Å²) in [6, 6.07) is 0. The van der Waals surface area contributed by atoms with Crippen molar-refractivity contribution >= 4 is 0 Å². The van der Waals surface area contributed by atoms with Crippen LogP contribution in [0.4, 0.5) is 0 Å². The molecule has 84 valence electrons. The van der Waals surface area contributed by atoms with Gasteiger partial charge >= 0.3 is 0 Å². The molecule has 3 unspecified atom stereocenters. The number of hydrogen-bond donors (Lipinski definition) is 1. The normalized spacial score (nSPS) is 27.2. The lowest BCUT2D eigenvalue weighted by Crippen LogP contribution is -2.31. The monoisotopic (exact) mass is 202 g/mol. The lowest BCUT2D eigenvalue weighted by Gasteiger charge is -2.25. The third-order valence-electron chi connectivity index (χ3n) is 2.78. The van der Waals surface area contributed by atoms with E-state index < -0.39 is 0 Å². The summed E-state index contributed by atoms with van der Waals surface area (Å²) < 4.78 is 11.1. The van der Waals surface area contributed by atoms with Crippen LogP contribution < -0.4 is 0 Å². The Balaban J connectivity index is 2.12. The third-order valence-corrected chi connectivity index (χ3v) is 2.78. The van der Waals surface area contributed by atoms with E-state index in [2.05, 4.69) is 0 Å². The zero-order chi connectivity index (χ0) is 10.4. The van der Waals surface area contributed by atoms with Gasteiger partial charge in [-0.3, -0.25) is 0 Å². The molecule has 0 aliphatic carbocycles. The number of rotatable bonds is 5. The molecule has 3 atom stereocenters. The van der Waals surface area contributed by atoms with Crippen molar-refractivity contribution in [3.63, 3.8) is 0 Å². The maximum absolute atomic E-state index is 9.49. The summed E-state index contributed by atoms with van der Waals surface area (Å²) in [5, 5.41) is 9.49. The Labute approximate surface area is 86.4 Å². The predicted molar refractivity (Wildman–Crippen MR) is 55.3 cm³/mol. The molecule has 1 rings (SSSR count). The van der Waals surface area contributed by atoms with Crippen molar-refractivity contribution < 1.29 is 14.6 Å². The van der Waals surface area contributed by atoms with E-state index in [9.17, 15) is 5.11 Å². The van der Waals surface area contributed by atoms with E-state index in [1.165, 1.54) is 12.8 Å². The first-order valence-corrected chi connectivity index (χ1v) is 5.65. The fraction of sp³-hybridized carbons (Fsp3) is 1.00. The zero-order valence-corrected chi connectivity index (χ0v) is 9.24. The molecule has 0 radical (unpaired) electrons. The van der Waals surface area contributed by atoms with Crippen LogP contribution in [0.25, 0.3) is 0 Å². The Morgan fingerprint density at radius 1 is 1.50 bits per heavy atom. The van der Waals surface area contributed by atoms with Crippen LogP contribution in [0, 0.1) is 0 Å². The molecule has 0 saturated carbocycles. The lowest BCUT2D eigenvalue weighted by molar-refractivity contribution is -0.0880. The number of ether oxygens (including phenoxy) is 2. The molecule has 1 heterocycles. The van der Waals surface area contributed by atoms with E-state index in [1.807, 2.05) is 13.8 Å². The Morgan fingerprint density at radius 3 is 2.86 bits per heavy atom. The van der Waals surface area contributed by atoms with Gasteiger partial charge in [-0.25, -0.2) is 0 Å². The van der Waals surface area contributed by atoms with Crippen LogP contribution in [0.15, 0.2) is 0 Å². The van der Waals surface area contributed by atoms with Gasteiger partial charge in [-0.15, -0.1) is 0 Å². The van der Waals surface area contributed by atoms with Crippen LogP contribution in [0.2, 0.25) is 0 Å². The SMILES string of the molecule is CCC(O)C(C)OCC1CCCCO1. The van der Waals surface area contributed by atoms with Gasteiger partial charge in [0.05, 0.1) is 24.9 Å². The van der Waals surface area contributed by atoms with Crippen molar-refractivity contribution in [2.45, 2.75) is 57.8 Å². The smallest absolute Gasteiger partial charge is 0.0808 e. The van der Waals surface area contributed by atoms with Crippen LogP contribution >= 0.6 is 0 Å². The van der Waals surface area contributed by atoms with Crippen LogP contribution in [0.3, 0.4) is 0 Å². The van der Waals surface area contributed by atoms with E-state index in [0.29, 0.717) is 6.61 Å². The van der Waals surface area contributed by atoms with Gasteiger partial charge in [0.1, 0.15) is 0 Å². The summed E-state index contributed by atoms with van der Waals surface area (Å²) in [5.41, 5.74) is 0. The Morgan fingerprint density at radius 2 is 2.29 bits per heavy atom. The van der Waals surface area contributed by atoms with Crippen molar-refractivity contribution in [3.8, 4) is 0 Å². The molecule has 0 aromatic rings. The molecule has 0 aromatic carbocycles. The van der Waals surface area contributed by atoms with Crippen molar-refractivity contribution in [2.24, 2.45) is 0 Å². The highest BCUT2D eigenvalue weighted by Gasteiger charge is 2.18. The van der Waals surface area contributed by atoms with Gasteiger partial charge in [0.2, 0.25) is 0 Å². The molecule has 0 spiro atoms. The Bertz CT molecular complexity index is 141. The van der Waals surface area contributed by atoms with Gasteiger partial charge in [-0.2, -0.15) is 0 Å². The second-order valence-electron chi connectivity index (χ2n) is 4.00. The van der Waals surface area contributed by atoms with Gasteiger partial charge in [-0.1, -0.05) is 6.92 Å². The highest BCUT2D eigenvalue weighted by Crippen LogP contribution is 2.14. The van der Waals surface area contributed by atoms with Crippen molar-refractivity contribution in [1.82, 2.24) is 0 Å². The summed E-state index contributed by atoms with van der Waals surface area (Å²) in [4.78, 5) is 0. The number of aliphatic hydroxyl groups excluding tert-OH is 1. The van der Waals surface area contributed by atoms with Crippen LogP contribution in [0.1, 0.15) is 39.5 Å². The second-order valence-corrected chi connectivity index (χ2v) is 4.00. The van der Waals surface area contributed by atoms with Gasteiger partial charge in [0.15, 0.2) is 0 Å². The molecular weight excluding hydrogens is 180 g/mol. The summed E-state index contributed by atoms with van der Waals surface area (Å²) in [5.74, 6) is 0. The molecule has 0 bridgehead atoms. The molecule has 3 nitrogen and oxygen atoms in total. The van der Waals surface area contributed by atoms with Gasteiger partial charge < -0.3 is 14.6 Å². The summed E-state index contributed by atoms with van der Waals surface area (Å²) in [7, 11) is 0. The Hall–Kier alpha value is -0.120. The molecule has 3 heteroatoms. The van der Waals surface area contributed by atoms with E-state index >= 15 is 0 Å². The van der Waals surface area contributed by atoms with Crippen molar-refractivity contribution in [2.75, 3.05) is 13.2 Å². The molecule has 0 amide bonds. The molecule has 0 aromatic heterocycles. The van der Waals surface area contributed by atoms with Crippen LogP contribution in [0.5, 0.6) is 0 Å². The molecular formula is C11H22O3. The highest BCUT2D eigenvalue weighted by atomic mass is 16.5. The maximum atomic E-state index is 9.49. The first-order valence-electron chi connectivity index (χ1n) is 5.65. The third kappa shape index (κ3) is 3.95. The van der Waals surface area contributed by atoms with Gasteiger partial charge in [0.25, 0.3) is 0 Å². The summed E-state index contributed by atoms with van der Waals surface area (Å²) in [6.45, 7) is 5.36. The average Bonchev–Trinajstić information content (AvgIpc) is 2.26. The first-order chi connectivity index (χ1) is 6.74. The quantitative estimate of drug-likeness (QED) is 0.738. The van der Waals surface area contributed by atoms with Gasteiger partial charge in [-0.05, 0) is 32.6 Å². The van der Waals surface area contributed by atoms with E-state index in [0.717, 1.165) is 19.4 Å². The van der Waals surface area contributed by atoms with E-state index in [4.69, 9.17) is 9.47 Å². The van der Waals surface area contributed by atoms with Gasteiger partial charge in [0, 0.05) is 6.61 Å². The molecule has 1 N–H and O–H groups in total. The van der Waals surface area contributed by atoms with E-state index in [-0.39, 0.29) is 18.3 Å². The fourth-order valence-corrected chi connectivity index (χ4v) is 1.64. The minimum Gasteiger partial charge on any atom is -0.390 e. The summed E-state index contributed by atoms with van der Waals surface area (Å²) >= 11 is 0. The average molecular weight is 202 g/mol. The second kappa shape index (κ2) is 6.38. The minimum atomic E-state index is -0.349. The largest absolute Gasteiger partial charge is 0.390 e. The molecule has 1 saturated heterocycles. The first kappa shape index (κ1) is 12.0. The molecule has 1 aliphatic heterocycles. The van der Waals surface area contributed by atoms with E-state index in [1.54, 1.807) is 0 Å². The summed E-state index contributed by atoms with van der Waals surface area (Å²) in [6.07, 6.45) is 4.06. The molecule has 14 heavy (non-hydrogen) atoms. The minimum absolute atomic E-state index is 0.0782. The molecule has 1 fully saturated rings. The van der Waals surface area contributed by atoms with Crippen LogP contribution in [-0.2, 0) is 9.47 Å². The van der Waals surface area contributed by atoms with Crippen molar-refractivity contribution in [1.29, 1.82) is 0 Å². The Kier molecular flexibility index (Phi) is 5.45. The van der Waals surface area contributed by atoms with Crippen molar-refractivity contribution in [3.05, 3.63) is 0 Å². The predicted octanol–water partition coefficient (Wildman–Crippen LogP) is 1.73. The lowest BCUT2D eigenvalue weighted by atomic mass is 10.1. The number of hydrogen-bond acceptors (Lipinski definition) is 3. The van der Waals surface area contributed by atoms with Crippen LogP contribution in [-0.4, -0.2) is 36.6 Å². The number of aliphatic hydroxyl groups is 1.